The van der Waals surface area contributed by atoms with E-state index in [0.717, 1.165) is 37.6 Å². The fourth-order valence-corrected chi connectivity index (χ4v) is 1.12. The van der Waals surface area contributed by atoms with E-state index in [9.17, 15) is 0 Å². The SMILES string of the molecule is CCCNCc1ccc(NCC)nn1. The smallest absolute Gasteiger partial charge is 0.148 e. The van der Waals surface area contributed by atoms with Gasteiger partial charge < -0.3 is 10.6 Å². The zero-order valence-corrected chi connectivity index (χ0v) is 8.88. The third-order valence-corrected chi connectivity index (χ3v) is 1.81. The van der Waals surface area contributed by atoms with Crippen molar-refractivity contribution in [3.05, 3.63) is 17.8 Å². The molecule has 0 aromatic carbocycles. The van der Waals surface area contributed by atoms with Crippen molar-refractivity contribution in [3.63, 3.8) is 0 Å². The van der Waals surface area contributed by atoms with Crippen LogP contribution in [0.4, 0.5) is 5.82 Å². The average Bonchev–Trinajstić information content (AvgIpc) is 2.21. The Labute approximate surface area is 85.1 Å². The number of aromatic nitrogens is 2. The Morgan fingerprint density at radius 1 is 1.21 bits per heavy atom. The zero-order valence-electron chi connectivity index (χ0n) is 8.88. The van der Waals surface area contributed by atoms with Crippen LogP contribution in [0, 0.1) is 0 Å². The van der Waals surface area contributed by atoms with Crippen molar-refractivity contribution in [2.75, 3.05) is 18.4 Å². The maximum Gasteiger partial charge on any atom is 0.148 e. The van der Waals surface area contributed by atoms with Crippen LogP contribution in [0.5, 0.6) is 0 Å². The lowest BCUT2D eigenvalue weighted by Crippen LogP contribution is -2.15. The highest BCUT2D eigenvalue weighted by Crippen LogP contribution is 2.00. The maximum absolute atomic E-state index is 4.09. The molecule has 0 aliphatic rings. The molecule has 0 saturated heterocycles. The van der Waals surface area contributed by atoms with Gasteiger partial charge in [0.15, 0.2) is 0 Å². The fraction of sp³-hybridized carbons (Fsp3) is 0.600. The molecule has 0 amide bonds. The maximum atomic E-state index is 4.09. The number of nitrogens with one attached hydrogen (secondary N) is 2. The molecule has 0 radical (unpaired) electrons. The van der Waals surface area contributed by atoms with Gasteiger partial charge in [0.2, 0.25) is 0 Å². The zero-order chi connectivity index (χ0) is 10.2. The van der Waals surface area contributed by atoms with Gasteiger partial charge >= 0.3 is 0 Å². The van der Waals surface area contributed by atoms with Crippen molar-refractivity contribution in [2.24, 2.45) is 0 Å². The molecule has 0 atom stereocenters. The summed E-state index contributed by atoms with van der Waals surface area (Å²) in [6, 6.07) is 3.95. The lowest BCUT2D eigenvalue weighted by atomic mass is 10.3. The molecule has 0 fully saturated rings. The summed E-state index contributed by atoms with van der Waals surface area (Å²) in [6.07, 6.45) is 1.14. The molecular formula is C10H18N4. The molecule has 0 aliphatic heterocycles. The number of hydrogen-bond donors (Lipinski definition) is 2. The standard InChI is InChI=1S/C10H18N4/c1-3-7-11-8-9-5-6-10(12-4-2)14-13-9/h5-6,11H,3-4,7-8H2,1-2H3,(H,12,14). The van der Waals surface area contributed by atoms with Gasteiger partial charge in [-0.05, 0) is 32.0 Å². The van der Waals surface area contributed by atoms with Crippen LogP contribution in [-0.4, -0.2) is 23.3 Å². The molecular weight excluding hydrogens is 176 g/mol. The van der Waals surface area contributed by atoms with Crippen LogP contribution >= 0.6 is 0 Å². The second kappa shape index (κ2) is 6.32. The van der Waals surface area contributed by atoms with Crippen LogP contribution in [0.3, 0.4) is 0 Å². The molecule has 1 aromatic heterocycles. The largest absolute Gasteiger partial charge is 0.369 e. The summed E-state index contributed by atoms with van der Waals surface area (Å²) < 4.78 is 0. The minimum atomic E-state index is 0.799. The van der Waals surface area contributed by atoms with E-state index < -0.39 is 0 Å². The monoisotopic (exact) mass is 194 g/mol. The normalized spacial score (nSPS) is 10.1. The van der Waals surface area contributed by atoms with E-state index in [-0.39, 0.29) is 0 Å². The summed E-state index contributed by atoms with van der Waals surface area (Å²) in [6.45, 7) is 6.89. The summed E-state index contributed by atoms with van der Waals surface area (Å²) in [5, 5.41) is 14.5. The molecule has 4 heteroatoms. The molecule has 0 bridgehead atoms. The minimum Gasteiger partial charge on any atom is -0.369 e. The molecule has 2 N–H and O–H groups in total. The van der Waals surface area contributed by atoms with E-state index >= 15 is 0 Å². The molecule has 0 saturated carbocycles. The number of hydrogen-bond acceptors (Lipinski definition) is 4. The van der Waals surface area contributed by atoms with Gasteiger partial charge in [0.1, 0.15) is 5.82 Å². The highest BCUT2D eigenvalue weighted by atomic mass is 15.2. The Hall–Kier alpha value is -1.16. The molecule has 0 aliphatic carbocycles. The number of rotatable bonds is 6. The molecule has 78 valence electrons. The Morgan fingerprint density at radius 3 is 2.64 bits per heavy atom. The second-order valence-corrected chi connectivity index (χ2v) is 3.12. The summed E-state index contributed by atoms with van der Waals surface area (Å²) in [5.41, 5.74) is 0.986. The molecule has 1 aromatic rings. The summed E-state index contributed by atoms with van der Waals surface area (Å²) in [5.74, 6) is 0.840. The van der Waals surface area contributed by atoms with Gasteiger partial charge in [-0.25, -0.2) is 0 Å². The Balaban J connectivity index is 2.38. The minimum absolute atomic E-state index is 0.799. The summed E-state index contributed by atoms with van der Waals surface area (Å²) >= 11 is 0. The van der Waals surface area contributed by atoms with Gasteiger partial charge in [0, 0.05) is 13.1 Å². The van der Waals surface area contributed by atoms with Gasteiger partial charge in [-0.1, -0.05) is 6.92 Å². The quantitative estimate of drug-likeness (QED) is 0.672. The molecule has 1 rings (SSSR count). The van der Waals surface area contributed by atoms with E-state index in [1.807, 2.05) is 19.1 Å². The first-order valence-electron chi connectivity index (χ1n) is 5.14. The van der Waals surface area contributed by atoms with Gasteiger partial charge in [-0.2, -0.15) is 5.10 Å². The van der Waals surface area contributed by atoms with Crippen molar-refractivity contribution in [3.8, 4) is 0 Å². The van der Waals surface area contributed by atoms with Crippen molar-refractivity contribution in [1.29, 1.82) is 0 Å². The molecule has 0 unspecified atom stereocenters. The molecule has 14 heavy (non-hydrogen) atoms. The molecule has 0 spiro atoms. The molecule has 1 heterocycles. The summed E-state index contributed by atoms with van der Waals surface area (Å²) in [4.78, 5) is 0. The van der Waals surface area contributed by atoms with Crippen LogP contribution in [0.15, 0.2) is 12.1 Å². The fourth-order valence-electron chi connectivity index (χ4n) is 1.12. The first-order valence-corrected chi connectivity index (χ1v) is 5.14. The first kappa shape index (κ1) is 10.9. The Morgan fingerprint density at radius 2 is 2.07 bits per heavy atom. The van der Waals surface area contributed by atoms with Crippen LogP contribution in [-0.2, 0) is 6.54 Å². The van der Waals surface area contributed by atoms with Crippen molar-refractivity contribution in [2.45, 2.75) is 26.8 Å². The van der Waals surface area contributed by atoms with Gasteiger partial charge in [0.05, 0.1) is 5.69 Å². The van der Waals surface area contributed by atoms with Crippen LogP contribution in [0.1, 0.15) is 26.0 Å². The lowest BCUT2D eigenvalue weighted by Gasteiger charge is -2.03. The topological polar surface area (TPSA) is 49.8 Å². The van der Waals surface area contributed by atoms with Gasteiger partial charge in [-0.3, -0.25) is 0 Å². The highest BCUT2D eigenvalue weighted by molar-refractivity contribution is 5.32. The predicted molar refractivity (Wildman–Crippen MR) is 58.2 cm³/mol. The van der Waals surface area contributed by atoms with Crippen molar-refractivity contribution in [1.82, 2.24) is 15.5 Å². The van der Waals surface area contributed by atoms with E-state index in [1.54, 1.807) is 0 Å². The number of nitrogens with zero attached hydrogens (tertiary/aromatic N) is 2. The van der Waals surface area contributed by atoms with E-state index in [0.29, 0.717) is 0 Å². The third-order valence-electron chi connectivity index (χ3n) is 1.81. The van der Waals surface area contributed by atoms with Crippen LogP contribution in [0.25, 0.3) is 0 Å². The first-order chi connectivity index (χ1) is 6.86. The van der Waals surface area contributed by atoms with E-state index in [2.05, 4.69) is 27.8 Å². The van der Waals surface area contributed by atoms with Gasteiger partial charge in [0.25, 0.3) is 0 Å². The van der Waals surface area contributed by atoms with E-state index in [1.165, 1.54) is 0 Å². The van der Waals surface area contributed by atoms with Crippen molar-refractivity contribution >= 4 is 5.82 Å². The Kier molecular flexibility index (Phi) is 4.93. The van der Waals surface area contributed by atoms with Crippen molar-refractivity contribution < 1.29 is 0 Å². The Bertz CT molecular complexity index is 245. The predicted octanol–water partition coefficient (Wildman–Crippen LogP) is 1.41. The van der Waals surface area contributed by atoms with Crippen LogP contribution in [0.2, 0.25) is 0 Å². The van der Waals surface area contributed by atoms with E-state index in [4.69, 9.17) is 0 Å². The average molecular weight is 194 g/mol. The van der Waals surface area contributed by atoms with Gasteiger partial charge in [-0.15, -0.1) is 5.10 Å². The second-order valence-electron chi connectivity index (χ2n) is 3.12. The molecule has 4 nitrogen and oxygen atoms in total. The van der Waals surface area contributed by atoms with Crippen LogP contribution < -0.4 is 10.6 Å². The lowest BCUT2D eigenvalue weighted by molar-refractivity contribution is 0.657. The summed E-state index contributed by atoms with van der Waals surface area (Å²) in [7, 11) is 0. The third kappa shape index (κ3) is 3.70. The number of anilines is 1. The highest BCUT2D eigenvalue weighted by Gasteiger charge is 1.95.